The third-order valence-electron chi connectivity index (χ3n) is 5.46. The van der Waals surface area contributed by atoms with Gasteiger partial charge in [0.2, 0.25) is 11.9 Å². The average molecular weight is 471 g/mol. The minimum Gasteiger partial charge on any atom is -0.399 e. The number of hydrogen-bond acceptors (Lipinski definition) is 7. The molecular weight excluding hydrogens is 447 g/mol. The Morgan fingerprint density at radius 1 is 1.00 bits per heavy atom. The molecule has 8 nitrogen and oxygen atoms in total. The number of amides is 1. The molecule has 11 heteroatoms. The second-order valence-electron chi connectivity index (χ2n) is 7.87. The number of hydrogen-bond donors (Lipinski definition) is 3. The van der Waals surface area contributed by atoms with Crippen molar-refractivity contribution in [1.82, 2.24) is 14.9 Å². The number of nitrogen functional groups attached to an aromatic ring is 1. The second kappa shape index (κ2) is 9.46. The molecule has 1 amide bonds. The lowest BCUT2D eigenvalue weighted by Gasteiger charge is -2.35. The lowest BCUT2D eigenvalue weighted by atomic mass is 10.2. The van der Waals surface area contributed by atoms with Crippen molar-refractivity contribution in [3.8, 4) is 0 Å². The zero-order valence-corrected chi connectivity index (χ0v) is 18.4. The normalized spacial score (nSPS) is 14.1. The third-order valence-corrected chi connectivity index (χ3v) is 5.46. The van der Waals surface area contributed by atoms with Crippen LogP contribution >= 0.6 is 0 Å². The van der Waals surface area contributed by atoms with Crippen LogP contribution in [0.1, 0.15) is 12.5 Å². The van der Waals surface area contributed by atoms with E-state index in [1.54, 1.807) is 37.3 Å². The number of carbonyl (C=O) groups is 1. The Morgan fingerprint density at radius 3 is 2.32 bits per heavy atom. The van der Waals surface area contributed by atoms with Gasteiger partial charge in [0.1, 0.15) is 11.4 Å². The molecule has 1 aliphatic rings. The first kappa shape index (κ1) is 23.1. The van der Waals surface area contributed by atoms with E-state index >= 15 is 0 Å². The zero-order chi connectivity index (χ0) is 24.3. The minimum atomic E-state index is -4.63. The lowest BCUT2D eigenvalue weighted by Crippen LogP contribution is -2.48. The number of nitrogens with zero attached hydrogens (tertiary/aromatic N) is 4. The van der Waals surface area contributed by atoms with E-state index in [2.05, 4.69) is 25.5 Å². The highest BCUT2D eigenvalue weighted by atomic mass is 19.4. The average Bonchev–Trinajstić information content (AvgIpc) is 2.79. The molecule has 2 aromatic carbocycles. The molecule has 0 spiro atoms. The first-order valence-corrected chi connectivity index (χ1v) is 10.6. The fourth-order valence-electron chi connectivity index (χ4n) is 3.66. The van der Waals surface area contributed by atoms with Crippen LogP contribution in [-0.2, 0) is 11.0 Å². The van der Waals surface area contributed by atoms with Gasteiger partial charge in [-0.3, -0.25) is 4.79 Å². The highest BCUT2D eigenvalue weighted by Gasteiger charge is 2.35. The number of aromatic nitrogens is 2. The number of nitrogens with two attached hydrogens (primary N) is 1. The monoisotopic (exact) mass is 471 g/mol. The Bertz CT molecular complexity index is 1160. The maximum atomic E-state index is 13.5. The zero-order valence-electron chi connectivity index (χ0n) is 18.4. The van der Waals surface area contributed by atoms with E-state index in [0.717, 1.165) is 25.0 Å². The number of anilines is 6. The van der Waals surface area contributed by atoms with E-state index in [-0.39, 0.29) is 17.7 Å². The van der Waals surface area contributed by atoms with Gasteiger partial charge in [0, 0.05) is 62.0 Å². The van der Waals surface area contributed by atoms with E-state index in [4.69, 9.17) is 5.73 Å². The summed E-state index contributed by atoms with van der Waals surface area (Å²) < 4.78 is 40.5. The molecule has 3 aromatic rings. The first-order valence-electron chi connectivity index (χ1n) is 10.6. The van der Waals surface area contributed by atoms with Gasteiger partial charge in [-0.05, 0) is 42.5 Å². The fraction of sp³-hybridized carbons (Fsp3) is 0.261. The molecule has 1 aromatic heterocycles. The number of alkyl halides is 3. The minimum absolute atomic E-state index is 0.0159. The van der Waals surface area contributed by atoms with Gasteiger partial charge in [0.25, 0.3) is 0 Å². The van der Waals surface area contributed by atoms with Crippen molar-refractivity contribution in [2.45, 2.75) is 13.1 Å². The topological polar surface area (TPSA) is 99.4 Å². The van der Waals surface area contributed by atoms with Gasteiger partial charge in [-0.1, -0.05) is 6.07 Å². The van der Waals surface area contributed by atoms with Gasteiger partial charge in [-0.15, -0.1) is 0 Å². The van der Waals surface area contributed by atoms with E-state index in [1.165, 1.54) is 6.07 Å². The Labute approximate surface area is 194 Å². The molecule has 4 N–H and O–H groups in total. The largest absolute Gasteiger partial charge is 0.421 e. The summed E-state index contributed by atoms with van der Waals surface area (Å²) >= 11 is 0. The van der Waals surface area contributed by atoms with E-state index < -0.39 is 11.7 Å². The van der Waals surface area contributed by atoms with Crippen LogP contribution in [-0.4, -0.2) is 47.0 Å². The summed E-state index contributed by atoms with van der Waals surface area (Å²) in [5.74, 6) is -0.293. The number of nitrogens with one attached hydrogen (secondary N) is 2. The summed E-state index contributed by atoms with van der Waals surface area (Å²) in [5.41, 5.74) is 7.15. The second-order valence-corrected chi connectivity index (χ2v) is 7.87. The molecule has 0 unspecified atom stereocenters. The smallest absolute Gasteiger partial charge is 0.399 e. The van der Waals surface area contributed by atoms with Gasteiger partial charge in [-0.2, -0.15) is 18.2 Å². The summed E-state index contributed by atoms with van der Waals surface area (Å²) in [5, 5.41) is 5.63. The Balaban J connectivity index is 1.49. The van der Waals surface area contributed by atoms with Crippen molar-refractivity contribution in [1.29, 1.82) is 0 Å². The fourth-order valence-corrected chi connectivity index (χ4v) is 3.66. The van der Waals surface area contributed by atoms with Gasteiger partial charge in [0.15, 0.2) is 0 Å². The molecule has 1 aliphatic heterocycles. The predicted octanol–water partition coefficient (Wildman–Crippen LogP) is 4.23. The quantitative estimate of drug-likeness (QED) is 0.479. The SMILES string of the molecule is CC(=O)N1CCN(c2ccc(Nc3ncc(C(F)(F)F)c(Nc4cccc(N)c4)n3)cc2)CC1. The van der Waals surface area contributed by atoms with E-state index in [0.29, 0.717) is 30.2 Å². The van der Waals surface area contributed by atoms with Crippen LogP contribution < -0.4 is 21.3 Å². The highest BCUT2D eigenvalue weighted by Crippen LogP contribution is 2.35. The van der Waals surface area contributed by atoms with Crippen LogP contribution in [0.15, 0.2) is 54.7 Å². The molecular formula is C23H24F3N7O. The molecule has 1 fully saturated rings. The number of piperazine rings is 1. The van der Waals surface area contributed by atoms with Crippen molar-refractivity contribution in [2.75, 3.05) is 47.4 Å². The molecule has 0 atom stereocenters. The van der Waals surface area contributed by atoms with E-state index in [9.17, 15) is 18.0 Å². The molecule has 1 saturated heterocycles. The molecule has 178 valence electrons. The van der Waals surface area contributed by atoms with Crippen molar-refractivity contribution >= 4 is 40.4 Å². The maximum Gasteiger partial charge on any atom is 0.421 e. The van der Waals surface area contributed by atoms with Crippen molar-refractivity contribution < 1.29 is 18.0 Å². The van der Waals surface area contributed by atoms with Crippen molar-refractivity contribution in [3.05, 3.63) is 60.3 Å². The summed E-state index contributed by atoms with van der Waals surface area (Å²) in [7, 11) is 0. The van der Waals surface area contributed by atoms with Crippen LogP contribution in [0.2, 0.25) is 0 Å². The lowest BCUT2D eigenvalue weighted by molar-refractivity contribution is -0.137. The molecule has 4 rings (SSSR count). The van der Waals surface area contributed by atoms with Crippen LogP contribution in [0, 0.1) is 0 Å². The number of carbonyl (C=O) groups excluding carboxylic acids is 1. The first-order chi connectivity index (χ1) is 16.2. The van der Waals surface area contributed by atoms with Crippen LogP contribution in [0.4, 0.5) is 47.7 Å². The molecule has 0 radical (unpaired) electrons. The third kappa shape index (κ3) is 5.48. The van der Waals surface area contributed by atoms with Gasteiger partial charge in [-0.25, -0.2) is 4.98 Å². The number of benzene rings is 2. The Kier molecular flexibility index (Phi) is 6.44. The Hall–Kier alpha value is -4.02. The van der Waals surface area contributed by atoms with Gasteiger partial charge in [0.05, 0.1) is 0 Å². The maximum absolute atomic E-state index is 13.5. The molecule has 0 bridgehead atoms. The molecule has 2 heterocycles. The van der Waals surface area contributed by atoms with Gasteiger partial charge >= 0.3 is 6.18 Å². The molecule has 0 aliphatic carbocycles. The summed E-state index contributed by atoms with van der Waals surface area (Å²) in [6, 6.07) is 13.8. The van der Waals surface area contributed by atoms with Crippen molar-refractivity contribution in [3.63, 3.8) is 0 Å². The van der Waals surface area contributed by atoms with Crippen LogP contribution in [0.3, 0.4) is 0 Å². The predicted molar refractivity (Wildman–Crippen MR) is 125 cm³/mol. The highest BCUT2D eigenvalue weighted by molar-refractivity contribution is 5.73. The summed E-state index contributed by atoms with van der Waals surface area (Å²) in [6.45, 7) is 4.35. The number of halogens is 3. The van der Waals surface area contributed by atoms with E-state index in [1.807, 2.05) is 17.0 Å². The van der Waals surface area contributed by atoms with Crippen LogP contribution in [0.25, 0.3) is 0 Å². The van der Waals surface area contributed by atoms with Gasteiger partial charge < -0.3 is 26.2 Å². The summed E-state index contributed by atoms with van der Waals surface area (Å²) in [4.78, 5) is 23.4. The van der Waals surface area contributed by atoms with Crippen LogP contribution in [0.5, 0.6) is 0 Å². The molecule has 34 heavy (non-hydrogen) atoms. The standard InChI is InChI=1S/C23H24F3N7O/c1-15(34)32-9-11-33(12-10-32)19-7-5-17(6-8-19)30-22-28-14-20(23(24,25)26)21(31-22)29-18-4-2-3-16(27)13-18/h2-8,13-14H,9-12,27H2,1H3,(H2,28,29,30,31). The Morgan fingerprint density at radius 2 is 1.71 bits per heavy atom. The molecule has 0 saturated carbocycles. The van der Waals surface area contributed by atoms with Crippen molar-refractivity contribution in [2.24, 2.45) is 0 Å². The number of rotatable bonds is 5. The summed E-state index contributed by atoms with van der Waals surface area (Å²) in [6.07, 6.45) is -3.89.